The van der Waals surface area contributed by atoms with E-state index in [2.05, 4.69) is 0 Å². The monoisotopic (exact) mass is 448 g/mol. The predicted molar refractivity (Wildman–Crippen MR) is 81.0 cm³/mol. The van der Waals surface area contributed by atoms with Gasteiger partial charge in [-0.25, -0.2) is 12.8 Å². The molecule has 0 aromatic heterocycles. The molecule has 0 aliphatic carbocycles. The Balaban J connectivity index is 2.81. The number of aromatic hydroxyl groups is 1. The summed E-state index contributed by atoms with van der Waals surface area (Å²) >= 11 is 0. The van der Waals surface area contributed by atoms with Crippen molar-refractivity contribution in [3.05, 3.63) is 58.2 Å². The number of alkyl halides is 6. The molecule has 4 nitrogen and oxygen atoms in total. The fraction of sp³-hybridized carbons (Fsp3) is 0.188. The molecule has 0 aliphatic rings. The highest BCUT2D eigenvalue weighted by Gasteiger charge is 2.39. The van der Waals surface area contributed by atoms with E-state index in [1.165, 1.54) is 0 Å². The first-order valence-electron chi connectivity index (χ1n) is 7.20. The summed E-state index contributed by atoms with van der Waals surface area (Å²) in [4.78, 5) is 11.2. The molecule has 0 spiro atoms. The lowest BCUT2D eigenvalue weighted by Crippen LogP contribution is -2.16. The minimum absolute atomic E-state index is 0.0597. The van der Waals surface area contributed by atoms with Crippen LogP contribution in [0.4, 0.5) is 35.1 Å². The van der Waals surface area contributed by atoms with E-state index in [9.17, 15) is 53.4 Å². The van der Waals surface area contributed by atoms with Gasteiger partial charge in [0.2, 0.25) is 5.82 Å². The quantitative estimate of drug-likeness (QED) is 0.560. The Morgan fingerprint density at radius 3 is 1.90 bits per heavy atom. The molecule has 0 atom stereocenters. The van der Waals surface area contributed by atoms with E-state index >= 15 is 0 Å². The zero-order valence-electron chi connectivity index (χ0n) is 13.9. The number of rotatable bonds is 3. The van der Waals surface area contributed by atoms with Gasteiger partial charge in [0.1, 0.15) is 0 Å². The third-order valence-corrected chi connectivity index (χ3v) is 4.82. The summed E-state index contributed by atoms with van der Waals surface area (Å²) < 4.78 is 128. The number of carbonyl (C=O) groups is 1. The van der Waals surface area contributed by atoms with Gasteiger partial charge in [-0.2, -0.15) is 30.7 Å². The van der Waals surface area contributed by atoms with Crippen molar-refractivity contribution in [1.29, 1.82) is 0 Å². The Bertz CT molecular complexity index is 1100. The normalized spacial score (nSPS) is 12.9. The number of phenols is 1. The average Bonchev–Trinajstić information content (AvgIpc) is 2.56. The molecule has 1 N–H and O–H groups in total. The highest BCUT2D eigenvalue weighted by molar-refractivity contribution is 7.90. The predicted octanol–water partition coefficient (Wildman–Crippen LogP) is 4.34. The van der Waals surface area contributed by atoms with Gasteiger partial charge in [0.25, 0.3) is 0 Å². The Labute approximate surface area is 157 Å². The van der Waals surface area contributed by atoms with Crippen LogP contribution >= 0.6 is 0 Å². The lowest BCUT2D eigenvalue weighted by Gasteiger charge is -2.15. The molecule has 0 saturated carbocycles. The third-order valence-electron chi connectivity index (χ3n) is 3.68. The number of carbonyl (C=O) groups excluding carboxylic acids is 1. The molecule has 0 heterocycles. The molecule has 0 saturated heterocycles. The van der Waals surface area contributed by atoms with Crippen molar-refractivity contribution in [3.63, 3.8) is 0 Å². The zero-order chi connectivity index (χ0) is 22.5. The van der Waals surface area contributed by atoms with E-state index < -0.39 is 72.5 Å². The van der Waals surface area contributed by atoms with Crippen LogP contribution in [0.15, 0.2) is 29.2 Å². The van der Waals surface area contributed by atoms with Crippen LogP contribution in [0, 0.1) is 11.6 Å². The van der Waals surface area contributed by atoms with E-state index in [0.29, 0.717) is 12.3 Å². The van der Waals surface area contributed by atoms with Gasteiger partial charge in [-0.3, -0.25) is 4.79 Å². The van der Waals surface area contributed by atoms with Crippen LogP contribution in [0.25, 0.3) is 0 Å². The van der Waals surface area contributed by atoms with Crippen LogP contribution in [0.2, 0.25) is 0 Å². The van der Waals surface area contributed by atoms with E-state index in [4.69, 9.17) is 0 Å². The highest BCUT2D eigenvalue weighted by Crippen LogP contribution is 2.38. The number of ketones is 1. The van der Waals surface area contributed by atoms with Crippen molar-refractivity contribution in [2.75, 3.05) is 6.26 Å². The first kappa shape index (κ1) is 22.6. The topological polar surface area (TPSA) is 71.4 Å². The number of hydrogen-bond acceptors (Lipinski definition) is 4. The van der Waals surface area contributed by atoms with Crippen molar-refractivity contribution in [2.45, 2.75) is 17.2 Å². The number of phenolic OH excluding ortho intramolecular Hbond substituents is 1. The molecule has 29 heavy (non-hydrogen) atoms. The van der Waals surface area contributed by atoms with Crippen LogP contribution < -0.4 is 0 Å². The summed E-state index contributed by atoms with van der Waals surface area (Å²) in [5, 5.41) is 9.55. The van der Waals surface area contributed by atoms with E-state index in [1.807, 2.05) is 0 Å². The number of halogens is 8. The van der Waals surface area contributed by atoms with Gasteiger partial charge in [-0.05, 0) is 24.3 Å². The number of benzene rings is 2. The maximum atomic E-state index is 13.7. The second-order valence-electron chi connectivity index (χ2n) is 5.76. The molecule has 158 valence electrons. The molecule has 13 heteroatoms. The summed E-state index contributed by atoms with van der Waals surface area (Å²) in [6.45, 7) is 0. The second-order valence-corrected chi connectivity index (χ2v) is 7.74. The Morgan fingerprint density at radius 2 is 1.45 bits per heavy atom. The molecular weight excluding hydrogens is 440 g/mol. The molecule has 0 fully saturated rings. The lowest BCUT2D eigenvalue weighted by molar-refractivity contribution is -0.140. The molecule has 2 aromatic rings. The summed E-state index contributed by atoms with van der Waals surface area (Å²) in [5.74, 6) is -8.57. The van der Waals surface area contributed by atoms with Crippen LogP contribution in [-0.4, -0.2) is 25.6 Å². The van der Waals surface area contributed by atoms with Crippen LogP contribution in [0.1, 0.15) is 27.0 Å². The van der Waals surface area contributed by atoms with Gasteiger partial charge >= 0.3 is 12.4 Å². The van der Waals surface area contributed by atoms with Crippen molar-refractivity contribution in [2.24, 2.45) is 0 Å². The Kier molecular flexibility index (Phi) is 5.43. The smallest absolute Gasteiger partial charge is 0.419 e. The van der Waals surface area contributed by atoms with Crippen molar-refractivity contribution >= 4 is 15.6 Å². The van der Waals surface area contributed by atoms with Crippen molar-refractivity contribution < 1.29 is 53.4 Å². The van der Waals surface area contributed by atoms with Gasteiger partial charge in [0.05, 0.1) is 21.6 Å². The summed E-state index contributed by atoms with van der Waals surface area (Å²) in [5.41, 5.74) is -6.32. The fourth-order valence-electron chi connectivity index (χ4n) is 2.33. The van der Waals surface area contributed by atoms with Gasteiger partial charge in [0.15, 0.2) is 27.2 Å². The first-order valence-corrected chi connectivity index (χ1v) is 9.09. The highest BCUT2D eigenvalue weighted by atomic mass is 32.2. The maximum absolute atomic E-state index is 13.7. The molecule has 0 aliphatic heterocycles. The summed E-state index contributed by atoms with van der Waals surface area (Å²) in [7, 11) is -4.53. The van der Waals surface area contributed by atoms with Gasteiger partial charge in [-0.15, -0.1) is 0 Å². The molecule has 2 rings (SSSR count). The molecule has 0 unspecified atom stereocenters. The van der Waals surface area contributed by atoms with Crippen LogP contribution in [0.3, 0.4) is 0 Å². The largest absolute Gasteiger partial charge is 0.504 e. The molecule has 2 aromatic carbocycles. The lowest BCUT2D eigenvalue weighted by atomic mass is 9.98. The number of sulfone groups is 1. The molecular formula is C16H8F8O4S. The Morgan fingerprint density at radius 1 is 0.897 bits per heavy atom. The zero-order valence-corrected chi connectivity index (χ0v) is 14.7. The van der Waals surface area contributed by atoms with Crippen LogP contribution in [-0.2, 0) is 22.2 Å². The van der Waals surface area contributed by atoms with Gasteiger partial charge < -0.3 is 5.11 Å². The minimum atomic E-state index is -5.49. The first-order chi connectivity index (χ1) is 13.0. The standard InChI is InChI=1S/C16H8F8O4S/c1-29(27,28)10-4-6(15(19,20)21)2-3-7(10)13(25)8-5-9(16(22,23)24)11(17)12(18)14(8)26/h2-5,26H,1H3. The van der Waals surface area contributed by atoms with E-state index in [-0.39, 0.29) is 18.2 Å². The summed E-state index contributed by atoms with van der Waals surface area (Å²) in [6.07, 6.45) is -10.1. The van der Waals surface area contributed by atoms with E-state index in [0.717, 1.165) is 0 Å². The molecule has 0 bridgehead atoms. The fourth-order valence-corrected chi connectivity index (χ4v) is 3.24. The summed E-state index contributed by atoms with van der Waals surface area (Å²) in [6, 6.07) is 0.406. The molecule has 0 amide bonds. The van der Waals surface area contributed by atoms with Crippen LogP contribution in [0.5, 0.6) is 5.75 Å². The minimum Gasteiger partial charge on any atom is -0.504 e. The third kappa shape index (κ3) is 4.33. The van der Waals surface area contributed by atoms with Crippen molar-refractivity contribution in [1.82, 2.24) is 0 Å². The van der Waals surface area contributed by atoms with Gasteiger partial charge in [-0.1, -0.05) is 0 Å². The van der Waals surface area contributed by atoms with Crippen molar-refractivity contribution in [3.8, 4) is 5.75 Å². The number of hydrogen-bond donors (Lipinski definition) is 1. The van der Waals surface area contributed by atoms with E-state index in [1.54, 1.807) is 0 Å². The molecule has 0 radical (unpaired) electrons. The second kappa shape index (κ2) is 6.97. The van der Waals surface area contributed by atoms with Gasteiger partial charge in [0, 0.05) is 11.8 Å². The maximum Gasteiger partial charge on any atom is 0.419 e. The SMILES string of the molecule is CS(=O)(=O)c1cc(C(F)(F)F)ccc1C(=O)c1cc(C(F)(F)F)c(F)c(F)c1O. The Hall–Kier alpha value is -2.70. The average molecular weight is 448 g/mol.